The third-order valence-corrected chi connectivity index (χ3v) is 3.75. The van der Waals surface area contributed by atoms with Crippen LogP contribution in [0.3, 0.4) is 0 Å². The molecule has 4 nitrogen and oxygen atoms in total. The second-order valence-electron chi connectivity index (χ2n) is 5.58. The van der Waals surface area contributed by atoms with Gasteiger partial charge in [0.15, 0.2) is 0 Å². The molecule has 2 rings (SSSR count). The van der Waals surface area contributed by atoms with Crippen LogP contribution in [0.5, 0.6) is 0 Å². The minimum Gasteiger partial charge on any atom is -0.394 e. The Balaban J connectivity index is 2.18. The maximum Gasteiger partial charge on any atom is 0.150 e. The van der Waals surface area contributed by atoms with Gasteiger partial charge in [-0.25, -0.2) is 0 Å². The summed E-state index contributed by atoms with van der Waals surface area (Å²) in [7, 11) is 4.10. The molecule has 1 aromatic heterocycles. The molecule has 1 saturated carbocycles. The summed E-state index contributed by atoms with van der Waals surface area (Å²) in [5.41, 5.74) is 8.08. The monoisotopic (exact) mass is 236 g/mol. The molecule has 2 N–H and O–H groups in total. The first-order valence-corrected chi connectivity index (χ1v) is 6.54. The molecule has 1 aromatic rings. The zero-order chi connectivity index (χ0) is 12.6. The van der Waals surface area contributed by atoms with E-state index in [1.54, 1.807) is 0 Å². The first-order valence-electron chi connectivity index (χ1n) is 6.54. The number of nitrogens with two attached hydrogens (primary N) is 1. The summed E-state index contributed by atoms with van der Waals surface area (Å²) in [5, 5.41) is 4.53. The lowest BCUT2D eigenvalue weighted by atomic mass is 9.85. The van der Waals surface area contributed by atoms with E-state index in [0.717, 1.165) is 29.7 Å². The second kappa shape index (κ2) is 4.59. The van der Waals surface area contributed by atoms with E-state index < -0.39 is 0 Å². The average molecular weight is 236 g/mol. The van der Waals surface area contributed by atoms with Gasteiger partial charge in [-0.1, -0.05) is 20.3 Å². The predicted octanol–water partition coefficient (Wildman–Crippen LogP) is 2.36. The zero-order valence-corrected chi connectivity index (χ0v) is 11.4. The highest BCUT2D eigenvalue weighted by molar-refractivity contribution is 5.66. The lowest BCUT2D eigenvalue weighted by Crippen LogP contribution is -2.31. The van der Waals surface area contributed by atoms with Crippen LogP contribution < -0.4 is 10.6 Å². The fraction of sp³-hybridized carbons (Fsp3) is 0.769. The zero-order valence-electron chi connectivity index (χ0n) is 11.4. The van der Waals surface area contributed by atoms with Crippen LogP contribution in [0.4, 0.5) is 11.5 Å². The molecule has 4 heteroatoms. The largest absolute Gasteiger partial charge is 0.394 e. The highest BCUT2D eigenvalue weighted by Gasteiger charge is 2.23. The van der Waals surface area contributed by atoms with Crippen LogP contribution in [-0.2, 0) is 7.05 Å². The number of aromatic nitrogens is 2. The molecule has 1 aliphatic carbocycles. The Hall–Kier alpha value is -1.19. The van der Waals surface area contributed by atoms with Crippen molar-refractivity contribution in [1.82, 2.24) is 9.78 Å². The summed E-state index contributed by atoms with van der Waals surface area (Å²) in [6.07, 6.45) is 4.11. The summed E-state index contributed by atoms with van der Waals surface area (Å²) >= 11 is 0. The van der Waals surface area contributed by atoms with Crippen LogP contribution in [0.25, 0.3) is 0 Å². The minimum absolute atomic E-state index is 0.382. The van der Waals surface area contributed by atoms with Gasteiger partial charge in [0.1, 0.15) is 5.82 Å². The van der Waals surface area contributed by atoms with Crippen molar-refractivity contribution in [3.8, 4) is 0 Å². The quantitative estimate of drug-likeness (QED) is 0.873. The van der Waals surface area contributed by atoms with Crippen LogP contribution in [0.2, 0.25) is 0 Å². The molecule has 0 radical (unpaired) electrons. The lowest BCUT2D eigenvalue weighted by Gasteiger charge is -2.31. The molecule has 0 unspecified atom stereocenters. The molecule has 0 atom stereocenters. The van der Waals surface area contributed by atoms with E-state index >= 15 is 0 Å². The van der Waals surface area contributed by atoms with E-state index in [1.165, 1.54) is 19.3 Å². The van der Waals surface area contributed by atoms with Crippen LogP contribution in [-0.4, -0.2) is 23.4 Å². The number of anilines is 2. The number of rotatable bonds is 4. The van der Waals surface area contributed by atoms with Crippen molar-refractivity contribution in [2.24, 2.45) is 13.0 Å². The molecule has 0 saturated heterocycles. The van der Waals surface area contributed by atoms with Crippen LogP contribution in [0.1, 0.15) is 44.7 Å². The molecule has 17 heavy (non-hydrogen) atoms. The van der Waals surface area contributed by atoms with Gasteiger partial charge in [0.2, 0.25) is 0 Å². The Morgan fingerprint density at radius 1 is 1.47 bits per heavy atom. The van der Waals surface area contributed by atoms with E-state index in [9.17, 15) is 0 Å². The number of aryl methyl sites for hydroxylation is 1. The van der Waals surface area contributed by atoms with Crippen molar-refractivity contribution < 1.29 is 0 Å². The second-order valence-corrected chi connectivity index (χ2v) is 5.58. The SMILES string of the molecule is CC(C)c1nn(C)c(N(C)CC2CCC2)c1N. The Labute approximate surface area is 104 Å². The molecule has 0 bridgehead atoms. The van der Waals surface area contributed by atoms with Gasteiger partial charge in [0, 0.05) is 20.6 Å². The van der Waals surface area contributed by atoms with Crippen molar-refractivity contribution in [2.45, 2.75) is 39.0 Å². The fourth-order valence-electron chi connectivity index (χ4n) is 2.58. The van der Waals surface area contributed by atoms with E-state index in [1.807, 2.05) is 11.7 Å². The summed E-state index contributed by atoms with van der Waals surface area (Å²) in [6.45, 7) is 5.37. The normalized spacial score (nSPS) is 16.3. The topological polar surface area (TPSA) is 47.1 Å². The van der Waals surface area contributed by atoms with Gasteiger partial charge in [-0.2, -0.15) is 5.10 Å². The molecule has 0 aromatic carbocycles. The van der Waals surface area contributed by atoms with Gasteiger partial charge in [-0.05, 0) is 24.7 Å². The van der Waals surface area contributed by atoms with Gasteiger partial charge in [0.25, 0.3) is 0 Å². The third kappa shape index (κ3) is 2.26. The van der Waals surface area contributed by atoms with Crippen molar-refractivity contribution in [3.63, 3.8) is 0 Å². The van der Waals surface area contributed by atoms with Crippen molar-refractivity contribution >= 4 is 11.5 Å². The number of hydrogen-bond acceptors (Lipinski definition) is 3. The standard InChI is InChI=1S/C13H24N4/c1-9(2)12-11(14)13(17(4)15-12)16(3)8-10-6-5-7-10/h9-10H,5-8,14H2,1-4H3. The summed E-state index contributed by atoms with van der Waals surface area (Å²) in [4.78, 5) is 2.26. The first-order chi connectivity index (χ1) is 8.00. The van der Waals surface area contributed by atoms with Gasteiger partial charge < -0.3 is 10.6 Å². The number of nitrogens with zero attached hydrogens (tertiary/aromatic N) is 3. The highest BCUT2D eigenvalue weighted by atomic mass is 15.4. The van der Waals surface area contributed by atoms with Crippen LogP contribution in [0, 0.1) is 5.92 Å². The molecular weight excluding hydrogens is 212 g/mol. The molecule has 96 valence electrons. The molecular formula is C13H24N4. The number of nitrogen functional groups attached to an aromatic ring is 1. The maximum absolute atomic E-state index is 6.22. The number of hydrogen-bond donors (Lipinski definition) is 1. The molecule has 0 aliphatic heterocycles. The minimum atomic E-state index is 0.382. The van der Waals surface area contributed by atoms with Crippen LogP contribution in [0.15, 0.2) is 0 Å². The van der Waals surface area contributed by atoms with Crippen molar-refractivity contribution in [2.75, 3.05) is 24.2 Å². The third-order valence-electron chi connectivity index (χ3n) is 3.75. The Kier molecular flexibility index (Phi) is 3.31. The smallest absolute Gasteiger partial charge is 0.150 e. The Morgan fingerprint density at radius 2 is 2.12 bits per heavy atom. The van der Waals surface area contributed by atoms with Gasteiger partial charge >= 0.3 is 0 Å². The van der Waals surface area contributed by atoms with Crippen molar-refractivity contribution in [1.29, 1.82) is 0 Å². The highest BCUT2D eigenvalue weighted by Crippen LogP contribution is 2.33. The molecule has 0 spiro atoms. The van der Waals surface area contributed by atoms with E-state index in [2.05, 4.69) is 30.9 Å². The molecule has 0 amide bonds. The Bertz CT molecular complexity index is 390. The molecule has 1 fully saturated rings. The summed E-state index contributed by atoms with van der Waals surface area (Å²) < 4.78 is 1.92. The lowest BCUT2D eigenvalue weighted by molar-refractivity contribution is 0.320. The van der Waals surface area contributed by atoms with E-state index in [0.29, 0.717) is 5.92 Å². The predicted molar refractivity (Wildman–Crippen MR) is 72.3 cm³/mol. The Morgan fingerprint density at radius 3 is 2.53 bits per heavy atom. The van der Waals surface area contributed by atoms with Crippen molar-refractivity contribution in [3.05, 3.63) is 5.69 Å². The van der Waals surface area contributed by atoms with Gasteiger partial charge in [-0.15, -0.1) is 0 Å². The van der Waals surface area contributed by atoms with Gasteiger partial charge in [0.05, 0.1) is 11.4 Å². The fourth-order valence-corrected chi connectivity index (χ4v) is 2.58. The van der Waals surface area contributed by atoms with Crippen LogP contribution >= 0.6 is 0 Å². The summed E-state index contributed by atoms with van der Waals surface area (Å²) in [6, 6.07) is 0. The maximum atomic E-state index is 6.22. The molecule has 1 heterocycles. The van der Waals surface area contributed by atoms with E-state index in [-0.39, 0.29) is 0 Å². The average Bonchev–Trinajstić information content (AvgIpc) is 2.48. The molecule has 1 aliphatic rings. The van der Waals surface area contributed by atoms with Gasteiger partial charge in [-0.3, -0.25) is 4.68 Å². The summed E-state index contributed by atoms with van der Waals surface area (Å²) in [5.74, 6) is 2.30. The van der Waals surface area contributed by atoms with E-state index in [4.69, 9.17) is 5.73 Å². The first kappa shape index (κ1) is 12.3.